The average molecular weight is 726 g/mol. The molecule has 2 aliphatic rings. The van der Waals surface area contributed by atoms with E-state index in [1.54, 1.807) is 0 Å². The minimum absolute atomic E-state index is 0.460. The molecule has 1 aliphatic heterocycles. The first kappa shape index (κ1) is 30.4. The van der Waals surface area contributed by atoms with Crippen LogP contribution in [-0.4, -0.2) is 0 Å². The van der Waals surface area contributed by atoms with Crippen LogP contribution in [-0.2, 0) is 5.41 Å². The van der Waals surface area contributed by atoms with Crippen LogP contribution in [0.15, 0.2) is 184 Å². The van der Waals surface area contributed by atoms with E-state index in [1.165, 1.54) is 68.9 Å². The minimum Gasteiger partial charge on any atom is -0.454 e. The molecule has 3 heterocycles. The number of hydrogen-bond acceptors (Lipinski definition) is 4. The van der Waals surface area contributed by atoms with Gasteiger partial charge < -0.3 is 9.32 Å². The highest BCUT2D eigenvalue weighted by Gasteiger charge is 2.50. The summed E-state index contributed by atoms with van der Waals surface area (Å²) >= 11 is 3.85. The molecule has 0 radical (unpaired) electrons. The summed E-state index contributed by atoms with van der Waals surface area (Å²) in [6.45, 7) is 2.20. The molecule has 8 aromatic carbocycles. The molecule has 1 spiro atoms. The van der Waals surface area contributed by atoms with Gasteiger partial charge in [-0.1, -0.05) is 145 Å². The maximum absolute atomic E-state index is 6.69. The zero-order valence-corrected chi connectivity index (χ0v) is 31.0. The molecule has 0 bridgehead atoms. The molecule has 2 nitrogen and oxygen atoms in total. The average Bonchev–Trinajstić information content (AvgIpc) is 3.89. The summed E-state index contributed by atoms with van der Waals surface area (Å²) in [4.78, 5) is 5.03. The first-order chi connectivity index (χ1) is 26.7. The van der Waals surface area contributed by atoms with Gasteiger partial charge in [0.2, 0.25) is 0 Å². The van der Waals surface area contributed by atoms with Gasteiger partial charge in [-0.2, -0.15) is 0 Å². The van der Waals surface area contributed by atoms with E-state index in [-0.39, 0.29) is 0 Å². The van der Waals surface area contributed by atoms with E-state index in [9.17, 15) is 0 Å². The van der Waals surface area contributed by atoms with E-state index in [2.05, 4.69) is 176 Å². The van der Waals surface area contributed by atoms with Crippen LogP contribution in [0.3, 0.4) is 0 Å². The standard InChI is InChI=1S/C50H31NOS2/c1-30-13-2-9-21-42(30)51(43-22-12-18-36-34-16-5-10-23-44(34)52-47(36)43)31-25-27-40-46(29-31)54-49-41(28-26-37-35-17-6-11-24-45(35)53-48(37)49)50(40)38-19-7-3-14-32(38)33-15-4-8-20-39(33)50/h2-29H,1H3. The first-order valence-electron chi connectivity index (χ1n) is 18.4. The molecule has 0 saturated carbocycles. The molecule has 10 aromatic rings. The normalized spacial score (nSPS) is 13.7. The smallest absolute Gasteiger partial charge is 0.159 e. The Hall–Kier alpha value is -6.07. The van der Waals surface area contributed by atoms with Crippen molar-refractivity contribution < 1.29 is 4.42 Å². The van der Waals surface area contributed by atoms with Gasteiger partial charge in [0.1, 0.15) is 5.58 Å². The third-order valence-electron chi connectivity index (χ3n) is 11.7. The van der Waals surface area contributed by atoms with E-state index in [1.807, 2.05) is 29.2 Å². The van der Waals surface area contributed by atoms with Gasteiger partial charge in [-0.15, -0.1) is 11.3 Å². The summed E-state index contributed by atoms with van der Waals surface area (Å²) < 4.78 is 9.38. The van der Waals surface area contributed by atoms with Gasteiger partial charge in [-0.3, -0.25) is 0 Å². The van der Waals surface area contributed by atoms with Gasteiger partial charge >= 0.3 is 0 Å². The predicted molar refractivity (Wildman–Crippen MR) is 227 cm³/mol. The van der Waals surface area contributed by atoms with Crippen LogP contribution in [0.1, 0.15) is 27.8 Å². The molecular formula is C50H31NOS2. The van der Waals surface area contributed by atoms with Gasteiger partial charge in [-0.05, 0) is 82.3 Å². The summed E-state index contributed by atoms with van der Waals surface area (Å²) in [6.07, 6.45) is 0. The van der Waals surface area contributed by atoms with Crippen LogP contribution in [0.25, 0.3) is 53.2 Å². The van der Waals surface area contributed by atoms with E-state index >= 15 is 0 Å². The highest BCUT2D eigenvalue weighted by molar-refractivity contribution is 8.00. The van der Waals surface area contributed by atoms with Crippen LogP contribution >= 0.6 is 23.1 Å². The molecule has 4 heteroatoms. The predicted octanol–water partition coefficient (Wildman–Crippen LogP) is 14.6. The lowest BCUT2D eigenvalue weighted by molar-refractivity contribution is 0.669. The number of aryl methyl sites for hydroxylation is 1. The summed E-state index contributed by atoms with van der Waals surface area (Å²) in [5.74, 6) is 0. The van der Waals surface area contributed by atoms with Gasteiger partial charge in [-0.25, -0.2) is 0 Å². The molecule has 0 amide bonds. The Labute approximate surface area is 320 Å². The maximum Gasteiger partial charge on any atom is 0.159 e. The Bertz CT molecular complexity index is 3140. The van der Waals surface area contributed by atoms with Gasteiger partial charge in [0.15, 0.2) is 5.58 Å². The molecule has 0 atom stereocenters. The number of thiophene rings is 1. The fourth-order valence-corrected chi connectivity index (χ4v) is 12.1. The van der Waals surface area contributed by atoms with Crippen LogP contribution in [0, 0.1) is 6.92 Å². The zero-order chi connectivity index (χ0) is 35.5. The minimum atomic E-state index is -0.460. The molecular weight excluding hydrogens is 695 g/mol. The van der Waals surface area contributed by atoms with Crippen molar-refractivity contribution in [2.24, 2.45) is 0 Å². The van der Waals surface area contributed by atoms with E-state index < -0.39 is 5.41 Å². The zero-order valence-electron chi connectivity index (χ0n) is 29.3. The van der Waals surface area contributed by atoms with Crippen molar-refractivity contribution in [3.63, 3.8) is 0 Å². The largest absolute Gasteiger partial charge is 0.454 e. The highest BCUT2D eigenvalue weighted by atomic mass is 32.2. The summed E-state index contributed by atoms with van der Waals surface area (Å²) in [5, 5.41) is 4.90. The number of hydrogen-bond donors (Lipinski definition) is 0. The molecule has 2 aromatic heterocycles. The van der Waals surface area contributed by atoms with Crippen molar-refractivity contribution in [3.05, 3.63) is 198 Å². The fraction of sp³-hybridized carbons (Fsp3) is 0.0400. The van der Waals surface area contributed by atoms with E-state index in [0.717, 1.165) is 39.0 Å². The lowest BCUT2D eigenvalue weighted by atomic mass is 9.67. The van der Waals surface area contributed by atoms with Gasteiger partial charge in [0.25, 0.3) is 0 Å². The Kier molecular flexibility index (Phi) is 6.32. The molecule has 254 valence electrons. The topological polar surface area (TPSA) is 16.4 Å². The van der Waals surface area contributed by atoms with Crippen molar-refractivity contribution in [3.8, 4) is 11.1 Å². The molecule has 54 heavy (non-hydrogen) atoms. The third-order valence-corrected chi connectivity index (χ3v) is 14.2. The molecule has 0 unspecified atom stereocenters. The number of furan rings is 1. The molecule has 0 N–H and O–H groups in total. The van der Waals surface area contributed by atoms with Crippen LogP contribution < -0.4 is 4.90 Å². The van der Waals surface area contributed by atoms with Crippen LogP contribution in [0.4, 0.5) is 17.1 Å². The van der Waals surface area contributed by atoms with Gasteiger partial charge in [0, 0.05) is 52.1 Å². The van der Waals surface area contributed by atoms with Crippen molar-refractivity contribution in [2.45, 2.75) is 22.1 Å². The van der Waals surface area contributed by atoms with Crippen LogP contribution in [0.2, 0.25) is 0 Å². The lowest BCUT2D eigenvalue weighted by Gasteiger charge is -2.40. The molecule has 0 fully saturated rings. The van der Waals surface area contributed by atoms with Crippen LogP contribution in [0.5, 0.6) is 0 Å². The van der Waals surface area contributed by atoms with E-state index in [4.69, 9.17) is 4.42 Å². The first-order valence-corrected chi connectivity index (χ1v) is 20.1. The van der Waals surface area contributed by atoms with Crippen molar-refractivity contribution in [1.82, 2.24) is 0 Å². The molecule has 0 saturated heterocycles. The Balaban J connectivity index is 1.17. The number of nitrogens with zero attached hydrogens (tertiary/aromatic N) is 1. The Morgan fingerprint density at radius 1 is 0.519 bits per heavy atom. The van der Waals surface area contributed by atoms with Crippen molar-refractivity contribution in [2.75, 3.05) is 4.90 Å². The number of rotatable bonds is 3. The van der Waals surface area contributed by atoms with Gasteiger partial charge in [0.05, 0.1) is 11.1 Å². The second-order valence-corrected chi connectivity index (χ2v) is 16.5. The highest BCUT2D eigenvalue weighted by Crippen LogP contribution is 2.64. The third kappa shape index (κ3) is 3.96. The lowest BCUT2D eigenvalue weighted by Crippen LogP contribution is -2.32. The quantitative estimate of drug-likeness (QED) is 0.180. The maximum atomic E-state index is 6.69. The second-order valence-electron chi connectivity index (χ2n) is 14.4. The molecule has 12 rings (SSSR count). The Morgan fingerprint density at radius 3 is 2.02 bits per heavy atom. The monoisotopic (exact) mass is 725 g/mol. The number of benzene rings is 8. The second kappa shape index (κ2) is 11.2. The number of para-hydroxylation sites is 3. The molecule has 1 aliphatic carbocycles. The fourth-order valence-electron chi connectivity index (χ4n) is 9.41. The summed E-state index contributed by atoms with van der Waals surface area (Å²) in [5.41, 5.74) is 13.8. The number of anilines is 3. The van der Waals surface area contributed by atoms with Crippen molar-refractivity contribution >= 4 is 82.3 Å². The van der Waals surface area contributed by atoms with E-state index in [0.29, 0.717) is 0 Å². The number of fused-ring (bicyclic) bond motifs is 16. The summed E-state index contributed by atoms with van der Waals surface area (Å²) in [7, 11) is 0. The van der Waals surface area contributed by atoms with Crippen molar-refractivity contribution in [1.29, 1.82) is 0 Å². The SMILES string of the molecule is Cc1ccccc1N(c1ccc2c(c1)Sc1c(ccc3c1sc1ccccc13)C21c2ccccc2-c2ccccc21)c1cccc2c1oc1ccccc12. The Morgan fingerprint density at radius 2 is 1.19 bits per heavy atom. The summed E-state index contributed by atoms with van der Waals surface area (Å²) in [6, 6.07) is 62.6.